The van der Waals surface area contributed by atoms with Gasteiger partial charge >= 0.3 is 0 Å². The first-order valence-corrected chi connectivity index (χ1v) is 4.75. The second-order valence-electron chi connectivity index (χ2n) is 3.77. The molecule has 1 atom stereocenters. The Balaban J connectivity index is 3.79. The molecule has 0 bridgehead atoms. The molecule has 1 N–H and O–H groups in total. The molecule has 0 unspecified atom stereocenters. The lowest BCUT2D eigenvalue weighted by molar-refractivity contribution is -0.119. The molecule has 0 fully saturated rings. The van der Waals surface area contributed by atoms with Gasteiger partial charge in [0, 0.05) is 13.0 Å². The van der Waals surface area contributed by atoms with Crippen molar-refractivity contribution in [3.8, 4) is 0 Å². The molecule has 0 aromatic heterocycles. The van der Waals surface area contributed by atoms with Gasteiger partial charge in [-0.25, -0.2) is 0 Å². The first-order chi connectivity index (χ1) is 6.06. The maximum absolute atomic E-state index is 10.8. The van der Waals surface area contributed by atoms with Crippen LogP contribution < -0.4 is 5.32 Å². The minimum Gasteiger partial charge on any atom is -0.352 e. The first-order valence-electron chi connectivity index (χ1n) is 4.75. The maximum Gasteiger partial charge on any atom is 0.217 e. The molecule has 3 nitrogen and oxygen atoms in total. The summed E-state index contributed by atoms with van der Waals surface area (Å²) in [5.41, 5.74) is 0. The van der Waals surface area contributed by atoms with Gasteiger partial charge in [0.15, 0.2) is 0 Å². The summed E-state index contributed by atoms with van der Waals surface area (Å²) < 4.78 is 0. The van der Waals surface area contributed by atoms with Crippen molar-refractivity contribution in [3.63, 3.8) is 0 Å². The third-order valence-electron chi connectivity index (χ3n) is 1.85. The summed E-state index contributed by atoms with van der Waals surface area (Å²) in [4.78, 5) is 14.6. The van der Waals surface area contributed by atoms with E-state index < -0.39 is 0 Å². The van der Waals surface area contributed by atoms with Gasteiger partial charge in [-0.2, -0.15) is 0 Å². The lowest BCUT2D eigenvalue weighted by atomic mass is 10.0. The van der Waals surface area contributed by atoms with Crippen LogP contribution in [0.4, 0.5) is 0 Å². The Hall–Kier alpha value is -0.860. The van der Waals surface area contributed by atoms with E-state index in [2.05, 4.69) is 30.9 Å². The fraction of sp³-hybridized carbons (Fsp3) is 0.800. The highest BCUT2D eigenvalue weighted by atomic mass is 16.1. The van der Waals surface area contributed by atoms with Gasteiger partial charge in [0.2, 0.25) is 5.91 Å². The molecule has 0 aliphatic carbocycles. The van der Waals surface area contributed by atoms with E-state index >= 15 is 0 Å². The molecule has 76 valence electrons. The van der Waals surface area contributed by atoms with Crippen LogP contribution in [0.25, 0.3) is 0 Å². The van der Waals surface area contributed by atoms with Crippen molar-refractivity contribution in [3.05, 3.63) is 0 Å². The molecule has 0 radical (unpaired) electrons. The van der Waals surface area contributed by atoms with Crippen molar-refractivity contribution >= 4 is 12.6 Å². The number of hydrogen-bond acceptors (Lipinski definition) is 2. The van der Waals surface area contributed by atoms with Gasteiger partial charge in [-0.1, -0.05) is 13.8 Å². The number of carbonyl (C=O) groups is 1. The van der Waals surface area contributed by atoms with E-state index in [1.165, 1.54) is 6.92 Å². The Morgan fingerprint density at radius 3 is 2.46 bits per heavy atom. The summed E-state index contributed by atoms with van der Waals surface area (Å²) in [6.07, 6.45) is 2.09. The van der Waals surface area contributed by atoms with Gasteiger partial charge in [-0.3, -0.25) is 9.79 Å². The molecule has 0 heterocycles. The zero-order valence-corrected chi connectivity index (χ0v) is 8.84. The van der Waals surface area contributed by atoms with Crippen molar-refractivity contribution in [2.75, 3.05) is 6.54 Å². The van der Waals surface area contributed by atoms with E-state index in [-0.39, 0.29) is 11.9 Å². The molecule has 0 saturated carbocycles. The van der Waals surface area contributed by atoms with Crippen molar-refractivity contribution < 1.29 is 4.79 Å². The predicted molar refractivity (Wildman–Crippen MR) is 56.1 cm³/mol. The highest BCUT2D eigenvalue weighted by Crippen LogP contribution is 2.06. The van der Waals surface area contributed by atoms with Crippen molar-refractivity contribution in [2.45, 2.75) is 39.7 Å². The normalized spacial score (nSPS) is 12.6. The van der Waals surface area contributed by atoms with Gasteiger partial charge in [-0.15, -0.1) is 0 Å². The Bertz CT molecular complexity index is 166. The van der Waals surface area contributed by atoms with Crippen LogP contribution in [0, 0.1) is 5.92 Å². The minimum absolute atomic E-state index is 0.0115. The van der Waals surface area contributed by atoms with Crippen LogP contribution in [0.2, 0.25) is 0 Å². The molecule has 0 aliphatic rings. The molecule has 0 aromatic rings. The molecule has 0 aliphatic heterocycles. The fourth-order valence-corrected chi connectivity index (χ4v) is 1.19. The Kier molecular flexibility index (Phi) is 6.20. The number of rotatable bonds is 6. The van der Waals surface area contributed by atoms with Crippen LogP contribution in [-0.2, 0) is 4.79 Å². The summed E-state index contributed by atoms with van der Waals surface area (Å²) in [7, 11) is 0. The first kappa shape index (κ1) is 12.1. The van der Waals surface area contributed by atoms with Crippen LogP contribution >= 0.6 is 0 Å². The number of amides is 1. The molecular weight excluding hydrogens is 164 g/mol. The monoisotopic (exact) mass is 184 g/mol. The standard InChI is InChI=1S/C10H20N2O/c1-8(2)5-6-10(7-11-4)12-9(3)13/h8,10H,4-7H2,1-3H3,(H,12,13)/t10-/m0/s1. The third-order valence-corrected chi connectivity index (χ3v) is 1.85. The molecule has 0 spiro atoms. The second-order valence-corrected chi connectivity index (χ2v) is 3.77. The highest BCUT2D eigenvalue weighted by Gasteiger charge is 2.09. The van der Waals surface area contributed by atoms with Gasteiger partial charge in [-0.05, 0) is 25.5 Å². The topological polar surface area (TPSA) is 41.5 Å². The summed E-state index contributed by atoms with van der Waals surface area (Å²) in [5, 5.41) is 2.86. The molecule has 0 rings (SSSR count). The molecule has 0 aromatic carbocycles. The number of nitrogens with zero attached hydrogens (tertiary/aromatic N) is 1. The third kappa shape index (κ3) is 7.50. The lowest BCUT2D eigenvalue weighted by Crippen LogP contribution is -2.35. The molecule has 1 amide bonds. The summed E-state index contributed by atoms with van der Waals surface area (Å²) in [6, 6.07) is 0.164. The Labute approximate surface area is 80.6 Å². The van der Waals surface area contributed by atoms with E-state index in [0.29, 0.717) is 12.5 Å². The van der Waals surface area contributed by atoms with Gasteiger partial charge < -0.3 is 5.32 Å². The SMILES string of the molecule is C=NC[C@H](CCC(C)C)NC(C)=O. The highest BCUT2D eigenvalue weighted by molar-refractivity contribution is 5.73. The summed E-state index contributed by atoms with van der Waals surface area (Å²) in [5.74, 6) is 0.679. The summed E-state index contributed by atoms with van der Waals surface area (Å²) >= 11 is 0. The molecule has 0 saturated heterocycles. The van der Waals surface area contributed by atoms with Crippen LogP contribution in [0.5, 0.6) is 0 Å². The van der Waals surface area contributed by atoms with E-state index in [4.69, 9.17) is 0 Å². The van der Waals surface area contributed by atoms with Crippen LogP contribution in [0.3, 0.4) is 0 Å². The number of aliphatic imine (C=N–C) groups is 1. The second kappa shape index (κ2) is 6.63. The minimum atomic E-state index is 0.0115. The largest absolute Gasteiger partial charge is 0.352 e. The van der Waals surface area contributed by atoms with Crippen LogP contribution in [-0.4, -0.2) is 25.2 Å². The lowest BCUT2D eigenvalue weighted by Gasteiger charge is -2.16. The molecule has 3 heteroatoms. The smallest absolute Gasteiger partial charge is 0.217 e. The predicted octanol–water partition coefficient (Wildman–Crippen LogP) is 1.63. The molecule has 13 heavy (non-hydrogen) atoms. The van der Waals surface area contributed by atoms with Crippen LogP contribution in [0.1, 0.15) is 33.6 Å². The average molecular weight is 184 g/mol. The number of nitrogens with one attached hydrogen (secondary N) is 1. The van der Waals surface area contributed by atoms with E-state index in [1.807, 2.05) is 0 Å². The fourth-order valence-electron chi connectivity index (χ4n) is 1.19. The quantitative estimate of drug-likeness (QED) is 0.626. The van der Waals surface area contributed by atoms with Gasteiger partial charge in [0.25, 0.3) is 0 Å². The van der Waals surface area contributed by atoms with Crippen molar-refractivity contribution in [2.24, 2.45) is 10.9 Å². The van der Waals surface area contributed by atoms with E-state index in [0.717, 1.165) is 12.8 Å². The number of carbonyl (C=O) groups excluding carboxylic acids is 1. The average Bonchev–Trinajstić information content (AvgIpc) is 1.99. The maximum atomic E-state index is 10.8. The van der Waals surface area contributed by atoms with Crippen LogP contribution in [0.15, 0.2) is 4.99 Å². The van der Waals surface area contributed by atoms with Gasteiger partial charge in [0.05, 0.1) is 6.54 Å². The summed E-state index contributed by atoms with van der Waals surface area (Å²) in [6.45, 7) is 9.93. The number of hydrogen-bond donors (Lipinski definition) is 1. The van der Waals surface area contributed by atoms with Gasteiger partial charge in [0.1, 0.15) is 0 Å². The zero-order valence-electron chi connectivity index (χ0n) is 8.84. The van der Waals surface area contributed by atoms with E-state index in [1.54, 1.807) is 0 Å². The zero-order chi connectivity index (χ0) is 10.3. The van der Waals surface area contributed by atoms with E-state index in [9.17, 15) is 4.79 Å². The molecular formula is C10H20N2O. The Morgan fingerprint density at radius 1 is 1.46 bits per heavy atom. The Morgan fingerprint density at radius 2 is 2.08 bits per heavy atom. The van der Waals surface area contributed by atoms with Crippen molar-refractivity contribution in [1.29, 1.82) is 0 Å². The van der Waals surface area contributed by atoms with Crippen molar-refractivity contribution in [1.82, 2.24) is 5.32 Å².